The summed E-state index contributed by atoms with van der Waals surface area (Å²) < 4.78 is 0. The summed E-state index contributed by atoms with van der Waals surface area (Å²) in [6.45, 7) is 2.10. The maximum absolute atomic E-state index is 11.0. The van der Waals surface area contributed by atoms with Gasteiger partial charge in [-0.25, -0.2) is 0 Å². The van der Waals surface area contributed by atoms with E-state index in [1.165, 1.54) is 16.0 Å². The number of ketones is 1. The summed E-state index contributed by atoms with van der Waals surface area (Å²) in [5, 5.41) is 2.08. The zero-order valence-electron chi connectivity index (χ0n) is 6.96. The van der Waals surface area contributed by atoms with Crippen molar-refractivity contribution in [2.75, 3.05) is 0 Å². The Kier molecular flexibility index (Phi) is 1.85. The molecule has 1 aromatic rings. The molecular formula is C10H10OS. The SMILES string of the molecule is Cc1sccc1C1=CC(=O)CC1. The molecule has 1 aliphatic carbocycles. The van der Waals surface area contributed by atoms with Crippen LogP contribution in [-0.4, -0.2) is 5.78 Å². The van der Waals surface area contributed by atoms with E-state index in [9.17, 15) is 4.79 Å². The highest BCUT2D eigenvalue weighted by molar-refractivity contribution is 7.10. The van der Waals surface area contributed by atoms with Crippen LogP contribution in [0.3, 0.4) is 0 Å². The second-order valence-corrected chi connectivity index (χ2v) is 4.15. The molecule has 0 saturated carbocycles. The molecule has 62 valence electrons. The third-order valence-corrected chi connectivity index (χ3v) is 3.03. The molecule has 12 heavy (non-hydrogen) atoms. The highest BCUT2D eigenvalue weighted by atomic mass is 32.1. The van der Waals surface area contributed by atoms with Crippen LogP contribution in [0.15, 0.2) is 17.5 Å². The van der Waals surface area contributed by atoms with E-state index < -0.39 is 0 Å². The molecule has 1 heterocycles. The average Bonchev–Trinajstić information content (AvgIpc) is 2.58. The molecule has 2 heteroatoms. The maximum Gasteiger partial charge on any atom is 0.156 e. The van der Waals surface area contributed by atoms with Gasteiger partial charge in [0.25, 0.3) is 0 Å². The topological polar surface area (TPSA) is 17.1 Å². The van der Waals surface area contributed by atoms with Crippen LogP contribution < -0.4 is 0 Å². The highest BCUT2D eigenvalue weighted by Crippen LogP contribution is 2.30. The van der Waals surface area contributed by atoms with E-state index in [0.29, 0.717) is 6.42 Å². The number of hydrogen-bond donors (Lipinski definition) is 0. The van der Waals surface area contributed by atoms with Gasteiger partial charge in [-0.3, -0.25) is 4.79 Å². The summed E-state index contributed by atoms with van der Waals surface area (Å²) in [6, 6.07) is 2.10. The van der Waals surface area contributed by atoms with Crippen molar-refractivity contribution < 1.29 is 4.79 Å². The molecule has 0 fully saturated rings. The molecule has 0 aliphatic heterocycles. The smallest absolute Gasteiger partial charge is 0.156 e. The first-order valence-corrected chi connectivity index (χ1v) is 4.93. The number of hydrogen-bond acceptors (Lipinski definition) is 2. The van der Waals surface area contributed by atoms with E-state index in [1.807, 2.05) is 0 Å². The average molecular weight is 178 g/mol. The highest BCUT2D eigenvalue weighted by Gasteiger charge is 2.15. The van der Waals surface area contributed by atoms with Crippen molar-refractivity contribution in [2.45, 2.75) is 19.8 Å². The lowest BCUT2D eigenvalue weighted by atomic mass is 10.1. The second kappa shape index (κ2) is 2.87. The van der Waals surface area contributed by atoms with E-state index in [1.54, 1.807) is 17.4 Å². The van der Waals surface area contributed by atoms with Crippen LogP contribution >= 0.6 is 11.3 Å². The lowest BCUT2D eigenvalue weighted by Crippen LogP contribution is -1.80. The number of carbonyl (C=O) groups excluding carboxylic acids is 1. The molecular weight excluding hydrogens is 168 g/mol. The summed E-state index contributed by atoms with van der Waals surface area (Å²) in [5.74, 6) is 0.274. The number of carbonyl (C=O) groups is 1. The molecule has 0 unspecified atom stereocenters. The van der Waals surface area contributed by atoms with Crippen LogP contribution in [0.1, 0.15) is 23.3 Å². The van der Waals surface area contributed by atoms with Gasteiger partial charge in [0.1, 0.15) is 0 Å². The van der Waals surface area contributed by atoms with E-state index >= 15 is 0 Å². The Hall–Kier alpha value is -0.890. The minimum atomic E-state index is 0.274. The largest absolute Gasteiger partial charge is 0.295 e. The maximum atomic E-state index is 11.0. The monoisotopic (exact) mass is 178 g/mol. The standard InChI is InChI=1S/C10H10OS/c1-7-10(4-5-12-7)8-2-3-9(11)6-8/h4-6H,2-3H2,1H3. The Morgan fingerprint density at radius 2 is 2.25 bits per heavy atom. The summed E-state index contributed by atoms with van der Waals surface area (Å²) >= 11 is 1.74. The fourth-order valence-corrected chi connectivity index (χ4v) is 2.26. The molecule has 0 radical (unpaired) electrons. The summed E-state index contributed by atoms with van der Waals surface area (Å²) in [5.41, 5.74) is 2.49. The Morgan fingerprint density at radius 3 is 2.75 bits per heavy atom. The first-order valence-electron chi connectivity index (χ1n) is 4.05. The minimum absolute atomic E-state index is 0.274. The van der Waals surface area contributed by atoms with Crippen molar-refractivity contribution in [3.63, 3.8) is 0 Å². The number of thiophene rings is 1. The molecule has 1 nitrogen and oxygen atoms in total. The molecule has 2 rings (SSSR count). The molecule has 1 aromatic heterocycles. The van der Waals surface area contributed by atoms with Crippen LogP contribution in [0.2, 0.25) is 0 Å². The lowest BCUT2D eigenvalue weighted by Gasteiger charge is -1.97. The Balaban J connectivity index is 2.38. The molecule has 0 saturated heterocycles. The van der Waals surface area contributed by atoms with Gasteiger partial charge in [0.2, 0.25) is 0 Å². The number of rotatable bonds is 1. The van der Waals surface area contributed by atoms with Gasteiger partial charge in [0.05, 0.1) is 0 Å². The van der Waals surface area contributed by atoms with Crippen molar-refractivity contribution in [2.24, 2.45) is 0 Å². The first kappa shape index (κ1) is 7.74. The van der Waals surface area contributed by atoms with Crippen LogP contribution in [-0.2, 0) is 4.79 Å². The van der Waals surface area contributed by atoms with Gasteiger partial charge in [0, 0.05) is 11.3 Å². The quantitative estimate of drug-likeness (QED) is 0.646. The summed E-state index contributed by atoms with van der Waals surface area (Å²) in [7, 11) is 0. The summed E-state index contributed by atoms with van der Waals surface area (Å²) in [4.78, 5) is 12.3. The predicted molar refractivity (Wildman–Crippen MR) is 51.3 cm³/mol. The van der Waals surface area contributed by atoms with Gasteiger partial charge < -0.3 is 0 Å². The fraction of sp³-hybridized carbons (Fsp3) is 0.300. The van der Waals surface area contributed by atoms with Crippen molar-refractivity contribution in [3.05, 3.63) is 28.0 Å². The van der Waals surface area contributed by atoms with Crippen LogP contribution in [0.4, 0.5) is 0 Å². The van der Waals surface area contributed by atoms with Gasteiger partial charge in [0.15, 0.2) is 5.78 Å². The normalized spacial score (nSPS) is 16.8. The first-order chi connectivity index (χ1) is 5.77. The Bertz CT molecular complexity index is 346. The minimum Gasteiger partial charge on any atom is -0.295 e. The van der Waals surface area contributed by atoms with E-state index in [4.69, 9.17) is 0 Å². The molecule has 0 aromatic carbocycles. The second-order valence-electron chi connectivity index (χ2n) is 3.03. The Morgan fingerprint density at radius 1 is 1.42 bits per heavy atom. The fourth-order valence-electron chi connectivity index (χ4n) is 1.53. The van der Waals surface area contributed by atoms with Crippen molar-refractivity contribution in [1.29, 1.82) is 0 Å². The van der Waals surface area contributed by atoms with Crippen LogP contribution in [0, 0.1) is 6.92 Å². The molecule has 1 aliphatic rings. The third-order valence-electron chi connectivity index (χ3n) is 2.18. The van der Waals surface area contributed by atoms with Crippen molar-refractivity contribution >= 4 is 22.7 Å². The van der Waals surface area contributed by atoms with Crippen molar-refractivity contribution in [1.82, 2.24) is 0 Å². The zero-order chi connectivity index (χ0) is 8.55. The molecule has 0 atom stereocenters. The Labute approximate surface area is 75.7 Å². The van der Waals surface area contributed by atoms with Crippen LogP contribution in [0.25, 0.3) is 5.57 Å². The molecule has 0 N–H and O–H groups in total. The molecule has 0 spiro atoms. The lowest BCUT2D eigenvalue weighted by molar-refractivity contribution is -0.114. The molecule has 0 bridgehead atoms. The summed E-state index contributed by atoms with van der Waals surface area (Å²) in [6.07, 6.45) is 3.41. The van der Waals surface area contributed by atoms with Gasteiger partial charge in [-0.05, 0) is 42.0 Å². The molecule has 0 amide bonds. The van der Waals surface area contributed by atoms with Gasteiger partial charge in [-0.1, -0.05) is 0 Å². The number of allylic oxidation sites excluding steroid dienone is 2. The van der Waals surface area contributed by atoms with Crippen molar-refractivity contribution in [3.8, 4) is 0 Å². The predicted octanol–water partition coefficient (Wildman–Crippen LogP) is 2.80. The van der Waals surface area contributed by atoms with Crippen LogP contribution in [0.5, 0.6) is 0 Å². The van der Waals surface area contributed by atoms with Gasteiger partial charge >= 0.3 is 0 Å². The third kappa shape index (κ3) is 1.23. The van der Waals surface area contributed by atoms with E-state index in [0.717, 1.165) is 6.42 Å². The zero-order valence-corrected chi connectivity index (χ0v) is 7.78. The number of aryl methyl sites for hydroxylation is 1. The van der Waals surface area contributed by atoms with E-state index in [2.05, 4.69) is 18.4 Å². The van der Waals surface area contributed by atoms with Gasteiger partial charge in [-0.2, -0.15) is 0 Å². The van der Waals surface area contributed by atoms with Gasteiger partial charge in [-0.15, -0.1) is 11.3 Å². The van der Waals surface area contributed by atoms with E-state index in [-0.39, 0.29) is 5.78 Å².